The van der Waals surface area contributed by atoms with Crippen molar-refractivity contribution in [2.45, 2.75) is 19.8 Å². The molecule has 0 aliphatic heterocycles. The molecule has 0 fully saturated rings. The third kappa shape index (κ3) is 3.84. The molecule has 2 rings (SSSR count). The zero-order valence-corrected chi connectivity index (χ0v) is 15.4. The molecule has 0 N–H and O–H groups in total. The van der Waals surface area contributed by atoms with Crippen LogP contribution in [0.3, 0.4) is 0 Å². The lowest BCUT2D eigenvalue weighted by Crippen LogP contribution is -2.35. The number of hydrogen-bond donors (Lipinski definition) is 0. The van der Waals surface area contributed by atoms with Crippen LogP contribution < -0.4 is 0 Å². The zero-order chi connectivity index (χ0) is 16.9. The summed E-state index contributed by atoms with van der Waals surface area (Å²) in [6.07, 6.45) is 0. The molecule has 0 bridgehead atoms. The lowest BCUT2D eigenvalue weighted by molar-refractivity contribution is -0.352. The molecule has 0 amide bonds. The van der Waals surface area contributed by atoms with Crippen molar-refractivity contribution in [1.82, 2.24) is 0 Å². The lowest BCUT2D eigenvalue weighted by atomic mass is 10.0. The van der Waals surface area contributed by atoms with E-state index in [0.717, 1.165) is 17.2 Å². The monoisotopic (exact) mass is 338 g/mol. The fourth-order valence-electron chi connectivity index (χ4n) is 2.37. The molecule has 0 aromatic heterocycles. The SMILES string of the molecule is CCOC(O[SiH3])(OCC)c1ccc(-c2ccc(F)c(F)c2)cc1. The van der Waals surface area contributed by atoms with Crippen molar-refractivity contribution in [1.29, 1.82) is 0 Å². The summed E-state index contributed by atoms with van der Waals surface area (Å²) in [7, 11) is 0.440. The Balaban J connectivity index is 2.34. The molecule has 0 unspecified atom stereocenters. The van der Waals surface area contributed by atoms with Crippen LogP contribution in [0.2, 0.25) is 0 Å². The molecule has 2 aromatic rings. The Morgan fingerprint density at radius 3 is 1.91 bits per heavy atom. The van der Waals surface area contributed by atoms with E-state index in [1.807, 2.05) is 13.8 Å². The second-order valence-corrected chi connectivity index (χ2v) is 5.24. The highest BCUT2D eigenvalue weighted by Crippen LogP contribution is 2.30. The van der Waals surface area contributed by atoms with Crippen molar-refractivity contribution in [3.05, 3.63) is 59.7 Å². The minimum Gasteiger partial charge on any atom is -0.376 e. The Hall–Kier alpha value is -1.60. The Kier molecular flexibility index (Phi) is 6.01. The Morgan fingerprint density at radius 2 is 1.43 bits per heavy atom. The molecule has 0 aliphatic rings. The van der Waals surface area contributed by atoms with Gasteiger partial charge in [-0.1, -0.05) is 30.3 Å². The van der Waals surface area contributed by atoms with Crippen LogP contribution in [0.25, 0.3) is 11.1 Å². The number of rotatable bonds is 7. The molecule has 124 valence electrons. The van der Waals surface area contributed by atoms with Crippen molar-refractivity contribution < 1.29 is 22.7 Å². The summed E-state index contributed by atoms with van der Waals surface area (Å²) in [5.74, 6) is -2.93. The zero-order valence-electron chi connectivity index (χ0n) is 13.4. The van der Waals surface area contributed by atoms with Crippen molar-refractivity contribution in [2.24, 2.45) is 0 Å². The minimum atomic E-state index is -1.21. The molecule has 6 heteroatoms. The Labute approximate surface area is 137 Å². The van der Waals surface area contributed by atoms with Gasteiger partial charge in [-0.15, -0.1) is 0 Å². The molecule has 0 saturated heterocycles. The summed E-state index contributed by atoms with van der Waals surface area (Å²) >= 11 is 0. The molecule has 2 aromatic carbocycles. The van der Waals surface area contributed by atoms with Gasteiger partial charge in [0.15, 0.2) is 22.1 Å². The van der Waals surface area contributed by atoms with E-state index < -0.39 is 17.6 Å². The summed E-state index contributed by atoms with van der Waals surface area (Å²) in [5.41, 5.74) is 2.09. The lowest BCUT2D eigenvalue weighted by Gasteiger charge is -2.32. The van der Waals surface area contributed by atoms with Crippen molar-refractivity contribution >= 4 is 10.5 Å². The van der Waals surface area contributed by atoms with Crippen LogP contribution in [0, 0.1) is 11.6 Å². The molecule has 0 saturated carbocycles. The van der Waals surface area contributed by atoms with Gasteiger partial charge in [0.25, 0.3) is 0 Å². The predicted molar refractivity (Wildman–Crippen MR) is 87.7 cm³/mol. The highest BCUT2D eigenvalue weighted by atomic mass is 28.2. The van der Waals surface area contributed by atoms with Crippen LogP contribution in [0.5, 0.6) is 0 Å². The van der Waals surface area contributed by atoms with E-state index in [2.05, 4.69) is 0 Å². The van der Waals surface area contributed by atoms with Gasteiger partial charge < -0.3 is 13.9 Å². The second kappa shape index (κ2) is 7.78. The van der Waals surface area contributed by atoms with Gasteiger partial charge in [-0.3, -0.25) is 0 Å². The van der Waals surface area contributed by atoms with Crippen LogP contribution in [-0.2, 0) is 19.9 Å². The van der Waals surface area contributed by atoms with Gasteiger partial charge in [0, 0.05) is 18.8 Å². The van der Waals surface area contributed by atoms with Crippen LogP contribution in [0.15, 0.2) is 42.5 Å². The van der Waals surface area contributed by atoms with Crippen LogP contribution in [0.1, 0.15) is 19.4 Å². The molecule has 23 heavy (non-hydrogen) atoms. The molecular weight excluding hydrogens is 318 g/mol. The number of ether oxygens (including phenoxy) is 2. The average molecular weight is 338 g/mol. The first-order valence-corrected chi connectivity index (χ1v) is 8.27. The van der Waals surface area contributed by atoms with E-state index in [4.69, 9.17) is 13.9 Å². The molecule has 0 atom stereocenters. The van der Waals surface area contributed by atoms with Gasteiger partial charge in [-0.05, 0) is 37.1 Å². The predicted octanol–water partition coefficient (Wildman–Crippen LogP) is 3.11. The summed E-state index contributed by atoms with van der Waals surface area (Å²) in [4.78, 5) is 0. The van der Waals surface area contributed by atoms with Gasteiger partial charge in [-0.2, -0.15) is 0 Å². The molecule has 0 spiro atoms. The fraction of sp³-hybridized carbons (Fsp3) is 0.294. The van der Waals surface area contributed by atoms with Gasteiger partial charge in [0.2, 0.25) is 0 Å². The van der Waals surface area contributed by atoms with Crippen LogP contribution in [0.4, 0.5) is 8.78 Å². The van der Waals surface area contributed by atoms with E-state index in [-0.39, 0.29) is 0 Å². The topological polar surface area (TPSA) is 27.7 Å². The van der Waals surface area contributed by atoms with Crippen LogP contribution >= 0.6 is 0 Å². The summed E-state index contributed by atoms with van der Waals surface area (Å²) in [6.45, 7) is 4.61. The minimum absolute atomic E-state index is 0.438. The fourth-order valence-corrected chi connectivity index (χ4v) is 2.84. The normalized spacial score (nSPS) is 11.8. The molecule has 3 nitrogen and oxygen atoms in total. The summed E-state index contributed by atoms with van der Waals surface area (Å²) in [6, 6.07) is 11.0. The first kappa shape index (κ1) is 17.7. The maximum Gasteiger partial charge on any atom is 0.301 e. The van der Waals surface area contributed by atoms with Gasteiger partial charge in [0.05, 0.1) is 0 Å². The Bertz CT molecular complexity index is 641. The number of benzene rings is 2. The molecule has 0 radical (unpaired) electrons. The summed E-state index contributed by atoms with van der Waals surface area (Å²) < 4.78 is 43.3. The largest absolute Gasteiger partial charge is 0.376 e. The number of halogens is 2. The van der Waals surface area contributed by atoms with Gasteiger partial charge in [0.1, 0.15) is 0 Å². The summed E-state index contributed by atoms with van der Waals surface area (Å²) in [5, 5.41) is 0. The third-order valence-corrected chi connectivity index (χ3v) is 3.97. The molecular formula is C17H20F2O3Si. The highest BCUT2D eigenvalue weighted by Gasteiger charge is 2.33. The maximum absolute atomic E-state index is 13.4. The van der Waals surface area contributed by atoms with E-state index in [9.17, 15) is 8.78 Å². The van der Waals surface area contributed by atoms with Crippen molar-refractivity contribution in [2.75, 3.05) is 13.2 Å². The highest BCUT2D eigenvalue weighted by molar-refractivity contribution is 5.98. The molecule has 0 heterocycles. The smallest absolute Gasteiger partial charge is 0.301 e. The quantitative estimate of drug-likeness (QED) is 0.573. The van der Waals surface area contributed by atoms with Crippen molar-refractivity contribution in [3.63, 3.8) is 0 Å². The first-order valence-electron chi connectivity index (χ1n) is 7.45. The third-order valence-electron chi connectivity index (χ3n) is 3.43. The molecule has 0 aliphatic carbocycles. The standard InChI is InChI=1S/C17H20F2O3Si/c1-3-20-17(22-23,21-4-2)14-8-5-12(6-9-14)13-7-10-15(18)16(19)11-13/h5-11H,3-4H2,1-2,23H3. The first-order chi connectivity index (χ1) is 11.1. The Morgan fingerprint density at radius 1 is 0.870 bits per heavy atom. The maximum atomic E-state index is 13.4. The van der Waals surface area contributed by atoms with E-state index in [0.29, 0.717) is 29.3 Å². The van der Waals surface area contributed by atoms with Gasteiger partial charge >= 0.3 is 5.97 Å². The van der Waals surface area contributed by atoms with Crippen LogP contribution in [-0.4, -0.2) is 23.7 Å². The number of hydrogen-bond acceptors (Lipinski definition) is 3. The average Bonchev–Trinajstić information content (AvgIpc) is 2.57. The van der Waals surface area contributed by atoms with E-state index in [1.165, 1.54) is 12.1 Å². The van der Waals surface area contributed by atoms with E-state index >= 15 is 0 Å². The second-order valence-electron chi connectivity index (χ2n) is 4.83. The van der Waals surface area contributed by atoms with Gasteiger partial charge in [-0.25, -0.2) is 8.78 Å². The van der Waals surface area contributed by atoms with Crippen molar-refractivity contribution in [3.8, 4) is 11.1 Å². The van der Waals surface area contributed by atoms with E-state index in [1.54, 1.807) is 24.3 Å².